The monoisotopic (exact) mass is 607 g/mol. The number of methoxy groups -OCH3 is 2. The first-order valence-corrected chi connectivity index (χ1v) is 13.3. The maximum atomic E-state index is 13.4. The van der Waals surface area contributed by atoms with Gasteiger partial charge >= 0.3 is 5.97 Å². The van der Waals surface area contributed by atoms with Gasteiger partial charge in [-0.2, -0.15) is 0 Å². The average molecular weight is 608 g/mol. The molecule has 0 heterocycles. The number of benzene rings is 3. The Bertz CT molecular complexity index is 1160. The van der Waals surface area contributed by atoms with Crippen LogP contribution in [0.3, 0.4) is 0 Å². The minimum atomic E-state index is -1.68. The van der Waals surface area contributed by atoms with Gasteiger partial charge < -0.3 is 33.2 Å². The van der Waals surface area contributed by atoms with E-state index >= 15 is 0 Å². The average Bonchev–Trinajstić information content (AvgIpc) is 3.00. The number of nitrogens with zero attached hydrogens (tertiary/aromatic N) is 1. The lowest BCUT2D eigenvalue weighted by Crippen LogP contribution is -2.22. The van der Waals surface area contributed by atoms with Crippen LogP contribution in [-0.2, 0) is 33.3 Å². The minimum absolute atomic E-state index is 0.00384. The number of hydrogen-bond acceptors (Lipinski definition) is 9. The lowest BCUT2D eigenvalue weighted by Gasteiger charge is -2.23. The molecule has 2 radical (unpaired) electrons. The van der Waals surface area contributed by atoms with Crippen LogP contribution in [0.15, 0.2) is 66.7 Å². The van der Waals surface area contributed by atoms with Crippen LogP contribution >= 0.6 is 23.2 Å². The second-order valence-corrected chi connectivity index (χ2v) is 9.16. The normalized spacial score (nSPS) is 11.9. The molecule has 3 aromatic carbocycles. The van der Waals surface area contributed by atoms with E-state index in [1.807, 2.05) is 60.7 Å². The Labute approximate surface area is 249 Å². The van der Waals surface area contributed by atoms with E-state index in [0.717, 1.165) is 0 Å². The SMILES string of the molecule is COCCOCOc1c(Cl)cc(C(O[N])C(=O)OC(c2ccccc2)c2ccccc2)c(Cl)c1OCOCCOC. The van der Waals surface area contributed by atoms with Crippen LogP contribution in [0, 0.1) is 0 Å². The van der Waals surface area contributed by atoms with Gasteiger partial charge in [0.15, 0.2) is 31.2 Å². The van der Waals surface area contributed by atoms with Crippen molar-refractivity contribution in [2.75, 3.05) is 54.2 Å². The highest BCUT2D eigenvalue weighted by molar-refractivity contribution is 6.36. The molecule has 0 fully saturated rings. The molecule has 0 aromatic heterocycles. The van der Waals surface area contributed by atoms with Crippen LogP contribution in [0.5, 0.6) is 11.5 Å². The number of carbonyl (C=O) groups excluding carboxylic acids is 1. The zero-order chi connectivity index (χ0) is 29.5. The van der Waals surface area contributed by atoms with E-state index in [-0.39, 0.29) is 53.9 Å². The van der Waals surface area contributed by atoms with E-state index in [0.29, 0.717) is 24.3 Å². The van der Waals surface area contributed by atoms with Gasteiger partial charge in [-0.1, -0.05) is 83.9 Å². The Morgan fingerprint density at radius 1 is 0.780 bits per heavy atom. The van der Waals surface area contributed by atoms with Crippen molar-refractivity contribution < 1.29 is 42.8 Å². The molecule has 3 rings (SSSR count). The number of esters is 1. The fraction of sp³-hybridized carbons (Fsp3) is 0.345. The molecule has 1 unspecified atom stereocenters. The smallest absolute Gasteiger partial charge is 0.343 e. The molecule has 0 aliphatic rings. The lowest BCUT2D eigenvalue weighted by atomic mass is 10.0. The lowest BCUT2D eigenvalue weighted by molar-refractivity contribution is -0.163. The molecule has 0 aliphatic heterocycles. The summed E-state index contributed by atoms with van der Waals surface area (Å²) in [5.74, 6) is 8.88. The number of hydrogen-bond donors (Lipinski definition) is 0. The zero-order valence-electron chi connectivity index (χ0n) is 22.6. The molecule has 3 aromatic rings. The fourth-order valence-corrected chi connectivity index (χ4v) is 4.20. The van der Waals surface area contributed by atoms with Crippen molar-refractivity contribution in [3.8, 4) is 11.5 Å². The van der Waals surface area contributed by atoms with Crippen molar-refractivity contribution in [2.45, 2.75) is 12.2 Å². The van der Waals surface area contributed by atoms with Crippen molar-refractivity contribution in [3.63, 3.8) is 0 Å². The second kappa shape index (κ2) is 17.8. The molecular formula is C29H31Cl2NO9. The van der Waals surface area contributed by atoms with Crippen molar-refractivity contribution in [2.24, 2.45) is 0 Å². The predicted molar refractivity (Wildman–Crippen MR) is 150 cm³/mol. The highest BCUT2D eigenvalue weighted by Crippen LogP contribution is 2.46. The molecule has 0 amide bonds. The molecule has 220 valence electrons. The summed E-state index contributed by atoms with van der Waals surface area (Å²) in [6.45, 7) is 0.767. The summed E-state index contributed by atoms with van der Waals surface area (Å²) >= 11 is 13.2. The molecule has 10 nitrogen and oxygen atoms in total. The van der Waals surface area contributed by atoms with Crippen molar-refractivity contribution in [1.82, 2.24) is 5.90 Å². The topological polar surface area (TPSA) is 113 Å². The first kappa shape index (κ1) is 32.6. The molecule has 12 heteroatoms. The molecule has 0 spiro atoms. The van der Waals surface area contributed by atoms with E-state index in [9.17, 15) is 10.7 Å². The maximum absolute atomic E-state index is 13.4. The van der Waals surface area contributed by atoms with E-state index in [2.05, 4.69) is 4.84 Å². The molecule has 1 atom stereocenters. The van der Waals surface area contributed by atoms with Crippen molar-refractivity contribution >= 4 is 29.2 Å². The van der Waals surface area contributed by atoms with Gasteiger partial charge in [-0.3, -0.25) is 0 Å². The van der Waals surface area contributed by atoms with Gasteiger partial charge in [0.1, 0.15) is 0 Å². The van der Waals surface area contributed by atoms with Crippen LogP contribution in [0.25, 0.3) is 0 Å². The summed E-state index contributed by atoms with van der Waals surface area (Å²) in [6.07, 6.45) is -2.48. The quantitative estimate of drug-likeness (QED) is 0.0815. The number of halogens is 2. The molecule has 0 aliphatic carbocycles. The third-order valence-corrected chi connectivity index (χ3v) is 6.31. The van der Waals surface area contributed by atoms with Gasteiger partial charge in [0, 0.05) is 25.7 Å². The molecular weight excluding hydrogens is 577 g/mol. The molecule has 41 heavy (non-hydrogen) atoms. The Morgan fingerprint density at radius 3 is 1.78 bits per heavy atom. The summed E-state index contributed by atoms with van der Waals surface area (Å²) in [5.41, 5.74) is 1.40. The summed E-state index contributed by atoms with van der Waals surface area (Å²) in [4.78, 5) is 18.0. The fourth-order valence-electron chi connectivity index (χ4n) is 3.65. The van der Waals surface area contributed by atoms with Gasteiger partial charge in [-0.15, -0.1) is 0 Å². The van der Waals surface area contributed by atoms with Crippen LogP contribution in [0.4, 0.5) is 0 Å². The number of rotatable bonds is 18. The van der Waals surface area contributed by atoms with Gasteiger partial charge in [0.05, 0.1) is 36.5 Å². The Kier molecular flexibility index (Phi) is 14.1. The molecule has 0 saturated carbocycles. The van der Waals surface area contributed by atoms with Crippen LogP contribution in [-0.4, -0.2) is 60.2 Å². The third-order valence-electron chi connectivity index (χ3n) is 5.64. The first-order chi connectivity index (χ1) is 20.0. The highest BCUT2D eigenvalue weighted by Gasteiger charge is 2.33. The predicted octanol–water partition coefficient (Wildman–Crippen LogP) is 5.37. The maximum Gasteiger partial charge on any atom is 0.343 e. The highest BCUT2D eigenvalue weighted by atomic mass is 35.5. The Balaban J connectivity index is 1.90. The summed E-state index contributed by atoms with van der Waals surface area (Å²) in [6, 6.07) is 19.6. The van der Waals surface area contributed by atoms with Gasteiger partial charge in [-0.25, -0.2) is 9.63 Å². The van der Waals surface area contributed by atoms with Gasteiger partial charge in [0.25, 0.3) is 0 Å². The largest absolute Gasteiger partial charge is 0.462 e. The van der Waals surface area contributed by atoms with E-state index in [1.54, 1.807) is 7.11 Å². The van der Waals surface area contributed by atoms with Crippen molar-refractivity contribution in [3.05, 3.63) is 93.5 Å². The van der Waals surface area contributed by atoms with Gasteiger partial charge in [0.2, 0.25) is 6.10 Å². The van der Waals surface area contributed by atoms with Gasteiger partial charge in [-0.05, 0) is 17.2 Å². The van der Waals surface area contributed by atoms with Crippen LogP contribution in [0.2, 0.25) is 10.0 Å². The number of carbonyl (C=O) groups is 1. The summed E-state index contributed by atoms with van der Waals surface area (Å²) in [7, 11) is 3.08. The van der Waals surface area contributed by atoms with E-state index in [4.69, 9.17) is 56.4 Å². The van der Waals surface area contributed by atoms with E-state index < -0.39 is 18.2 Å². The van der Waals surface area contributed by atoms with Crippen molar-refractivity contribution in [1.29, 1.82) is 0 Å². The van der Waals surface area contributed by atoms with E-state index in [1.165, 1.54) is 13.2 Å². The summed E-state index contributed by atoms with van der Waals surface area (Å²) in [5, 5.41) is -0.118. The standard InChI is InChI=1S/C29H31Cl2NO9/c1-34-13-15-36-18-38-27-23(30)17-22(24(31)28(27)39-19-37-16-14-35-2)26(41-32)29(33)40-25(20-9-5-3-6-10-20)21-11-7-4-8-12-21/h3-12,17,25-26H,13-16,18-19H2,1-2H3. The third kappa shape index (κ3) is 9.56. The number of ether oxygens (including phenoxy) is 7. The minimum Gasteiger partial charge on any atom is -0.462 e. The zero-order valence-corrected chi connectivity index (χ0v) is 24.1. The molecule has 0 bridgehead atoms. The molecule has 0 saturated heterocycles. The Morgan fingerprint density at radius 2 is 1.29 bits per heavy atom. The molecule has 0 N–H and O–H groups in total. The Hall–Kier alpha value is -2.93. The summed E-state index contributed by atoms with van der Waals surface area (Å²) < 4.78 is 37.9. The first-order valence-electron chi connectivity index (χ1n) is 12.5. The van der Waals surface area contributed by atoms with Crippen LogP contribution in [0.1, 0.15) is 28.9 Å². The van der Waals surface area contributed by atoms with Crippen LogP contribution < -0.4 is 15.4 Å². The second-order valence-electron chi connectivity index (χ2n) is 8.37.